The van der Waals surface area contributed by atoms with Crippen molar-refractivity contribution in [1.82, 2.24) is 42.5 Å². The zero-order chi connectivity index (χ0) is 49.8. The molecule has 0 aliphatic rings. The van der Waals surface area contributed by atoms with Crippen LogP contribution in [0.2, 0.25) is 0 Å². The van der Waals surface area contributed by atoms with E-state index >= 15 is 0 Å². The first kappa shape index (κ1) is 58.5. The molecule has 0 heterocycles. The molecule has 0 rings (SSSR count). The van der Waals surface area contributed by atoms with Gasteiger partial charge in [-0.15, -0.1) is 0 Å². The van der Waals surface area contributed by atoms with Gasteiger partial charge >= 0.3 is 23.9 Å². The molecule has 8 atom stereocenters. The Morgan fingerprint density at radius 1 is 0.415 bits per heavy atom. The smallest absolute Gasteiger partial charge is 0.326 e. The summed E-state index contributed by atoms with van der Waals surface area (Å²) in [5.74, 6) is -12.5. The lowest BCUT2D eigenvalue weighted by Gasteiger charge is -2.25. The SMILES string of the molecule is C[C@H](NC(=O)[C@H](CCCCN)NC(=O)CNC(=O)[C@H](CCCCN)NC(=O)[C@H](C)NC(=O)[C@H](CCC(=O)O)NC(=O)[C@H](C)NC(=O)[C@@H](N)CCC(=O)O)C(=O)N[C@@H](CCC(=O)O)C(=O)O. The molecule has 0 spiro atoms. The van der Waals surface area contributed by atoms with Crippen LogP contribution in [0.15, 0.2) is 0 Å². The van der Waals surface area contributed by atoms with E-state index in [1.807, 2.05) is 0 Å². The van der Waals surface area contributed by atoms with E-state index < -0.39 is 158 Å². The summed E-state index contributed by atoms with van der Waals surface area (Å²) in [7, 11) is 0. The number of amides is 8. The summed E-state index contributed by atoms with van der Waals surface area (Å²) in [5, 5.41) is 54.9. The Hall–Kier alpha value is -6.48. The molecule has 0 aromatic heterocycles. The average molecular weight is 932 g/mol. The minimum atomic E-state index is -1.56. The highest BCUT2D eigenvalue weighted by Crippen LogP contribution is 2.06. The lowest BCUT2D eigenvalue weighted by molar-refractivity contribution is -0.143. The highest BCUT2D eigenvalue weighted by Gasteiger charge is 2.31. The highest BCUT2D eigenvalue weighted by atomic mass is 16.4. The lowest BCUT2D eigenvalue weighted by Crippen LogP contribution is -2.58. The molecule has 0 bridgehead atoms. The number of nitrogens with one attached hydrogen (secondary N) is 8. The average Bonchev–Trinajstić information content (AvgIpc) is 3.23. The number of carbonyl (C=O) groups is 12. The molecule has 0 unspecified atom stereocenters. The van der Waals surface area contributed by atoms with E-state index in [9.17, 15) is 67.7 Å². The van der Waals surface area contributed by atoms with Gasteiger partial charge in [0.2, 0.25) is 47.3 Å². The summed E-state index contributed by atoms with van der Waals surface area (Å²) in [5.41, 5.74) is 16.8. The van der Waals surface area contributed by atoms with Crippen LogP contribution in [0.3, 0.4) is 0 Å². The van der Waals surface area contributed by atoms with Crippen LogP contribution in [0.25, 0.3) is 0 Å². The van der Waals surface area contributed by atoms with Gasteiger partial charge in [0.25, 0.3) is 0 Å². The zero-order valence-corrected chi connectivity index (χ0v) is 36.6. The maximum absolute atomic E-state index is 13.3. The van der Waals surface area contributed by atoms with Crippen molar-refractivity contribution in [1.29, 1.82) is 0 Å². The van der Waals surface area contributed by atoms with Gasteiger partial charge in [-0.1, -0.05) is 0 Å². The Labute approximate surface area is 374 Å². The molecule has 0 aliphatic heterocycles. The van der Waals surface area contributed by atoms with Crippen LogP contribution in [-0.2, 0) is 57.5 Å². The van der Waals surface area contributed by atoms with Crippen molar-refractivity contribution in [3.63, 3.8) is 0 Å². The summed E-state index contributed by atoms with van der Waals surface area (Å²) >= 11 is 0. The fourth-order valence-corrected chi connectivity index (χ4v) is 5.57. The molecule has 0 aliphatic carbocycles. The summed E-state index contributed by atoms with van der Waals surface area (Å²) in [4.78, 5) is 148. The number of nitrogens with two attached hydrogens (primary N) is 3. The fourth-order valence-electron chi connectivity index (χ4n) is 5.57. The van der Waals surface area contributed by atoms with Crippen LogP contribution < -0.4 is 59.7 Å². The van der Waals surface area contributed by atoms with Crippen LogP contribution in [0.4, 0.5) is 0 Å². The molecule has 0 fully saturated rings. The molecule has 368 valence electrons. The van der Waals surface area contributed by atoms with Crippen molar-refractivity contribution in [2.24, 2.45) is 17.2 Å². The Bertz CT molecular complexity index is 1680. The number of aliphatic carboxylic acids is 4. The van der Waals surface area contributed by atoms with E-state index in [0.29, 0.717) is 25.7 Å². The van der Waals surface area contributed by atoms with Gasteiger partial charge in [-0.25, -0.2) is 4.79 Å². The highest BCUT2D eigenvalue weighted by molar-refractivity contribution is 5.97. The second kappa shape index (κ2) is 31.4. The zero-order valence-electron chi connectivity index (χ0n) is 36.6. The first-order valence-electron chi connectivity index (χ1n) is 20.9. The van der Waals surface area contributed by atoms with E-state index in [1.54, 1.807) is 0 Å². The second-order valence-corrected chi connectivity index (χ2v) is 15.0. The minimum Gasteiger partial charge on any atom is -0.481 e. The molecular formula is C38H65N11O16. The maximum atomic E-state index is 13.3. The van der Waals surface area contributed by atoms with Gasteiger partial charge in [0.1, 0.15) is 42.3 Å². The van der Waals surface area contributed by atoms with Crippen molar-refractivity contribution >= 4 is 71.1 Å². The monoisotopic (exact) mass is 931 g/mol. The van der Waals surface area contributed by atoms with E-state index in [2.05, 4.69) is 42.5 Å². The number of hydrogen-bond donors (Lipinski definition) is 15. The van der Waals surface area contributed by atoms with Crippen LogP contribution in [0.1, 0.15) is 97.8 Å². The van der Waals surface area contributed by atoms with Crippen LogP contribution in [-0.4, -0.2) is 160 Å². The van der Waals surface area contributed by atoms with Crippen molar-refractivity contribution in [3.8, 4) is 0 Å². The summed E-state index contributed by atoms with van der Waals surface area (Å²) < 4.78 is 0. The van der Waals surface area contributed by atoms with Crippen LogP contribution >= 0.6 is 0 Å². The topological polar surface area (TPSA) is 460 Å². The second-order valence-electron chi connectivity index (χ2n) is 15.0. The molecule has 65 heavy (non-hydrogen) atoms. The van der Waals surface area contributed by atoms with Gasteiger partial charge in [0, 0.05) is 19.3 Å². The standard InChI is InChI=1S/C38H65N11O16/c1-19(43-34(60)22(41)10-13-28(51)52)31(57)48-25(11-14-29(53)54)37(63)45-20(2)32(58)47-23(8-4-6-16-39)35(61)42-18-27(50)46-24(9-5-7-17-40)36(62)44-21(3)33(59)49-26(38(64)65)12-15-30(55)56/h19-26H,4-18,39-41H2,1-3H3,(H,42,61)(H,43,60)(H,44,62)(H,45,63)(H,46,50)(H,47,58)(H,48,57)(H,49,59)(H,51,52)(H,53,54)(H,55,56)(H,64,65)/t19-,20-,21-,22-,23-,24-,25-,26-/m0/s1. The molecule has 8 amide bonds. The third-order valence-corrected chi connectivity index (χ3v) is 9.41. The first-order valence-corrected chi connectivity index (χ1v) is 20.9. The number of carbonyl (C=O) groups excluding carboxylic acids is 8. The number of hydrogen-bond acceptors (Lipinski definition) is 15. The van der Waals surface area contributed by atoms with Gasteiger partial charge in [0.05, 0.1) is 12.6 Å². The predicted octanol–water partition coefficient (Wildman–Crippen LogP) is -5.18. The molecular weight excluding hydrogens is 866 g/mol. The van der Waals surface area contributed by atoms with Crippen molar-refractivity contribution in [3.05, 3.63) is 0 Å². The van der Waals surface area contributed by atoms with E-state index in [4.69, 9.17) is 27.4 Å². The van der Waals surface area contributed by atoms with Gasteiger partial charge in [-0.05, 0) is 91.6 Å². The number of carboxylic acid groups (broad SMARTS) is 4. The first-order chi connectivity index (χ1) is 30.4. The molecule has 0 saturated heterocycles. The van der Waals surface area contributed by atoms with Crippen molar-refractivity contribution in [2.75, 3.05) is 19.6 Å². The number of unbranched alkanes of at least 4 members (excludes halogenated alkanes) is 2. The number of carboxylic acids is 4. The Morgan fingerprint density at radius 3 is 1.17 bits per heavy atom. The summed E-state index contributed by atoms with van der Waals surface area (Å²) in [6.45, 7) is 3.49. The number of rotatable bonds is 34. The Balaban J connectivity index is 5.75. The van der Waals surface area contributed by atoms with E-state index in [-0.39, 0.29) is 32.4 Å². The molecule has 0 saturated carbocycles. The van der Waals surface area contributed by atoms with Crippen LogP contribution in [0.5, 0.6) is 0 Å². The fraction of sp³-hybridized carbons (Fsp3) is 0.684. The van der Waals surface area contributed by atoms with Crippen LogP contribution in [0, 0.1) is 0 Å². The quantitative estimate of drug-likeness (QED) is 0.0268. The van der Waals surface area contributed by atoms with Crippen molar-refractivity contribution < 1.29 is 78.0 Å². The molecule has 0 aromatic carbocycles. The minimum absolute atomic E-state index is 0.0149. The maximum Gasteiger partial charge on any atom is 0.326 e. The van der Waals surface area contributed by atoms with E-state index in [1.165, 1.54) is 20.8 Å². The van der Waals surface area contributed by atoms with Crippen molar-refractivity contribution in [2.45, 2.75) is 146 Å². The normalized spacial score (nSPS) is 14.5. The molecule has 18 N–H and O–H groups in total. The Kier molecular flexibility index (Phi) is 28.3. The molecule has 27 nitrogen and oxygen atoms in total. The molecule has 0 radical (unpaired) electrons. The third-order valence-electron chi connectivity index (χ3n) is 9.41. The largest absolute Gasteiger partial charge is 0.481 e. The van der Waals surface area contributed by atoms with Gasteiger partial charge in [-0.2, -0.15) is 0 Å². The molecule has 0 aromatic rings. The van der Waals surface area contributed by atoms with Gasteiger partial charge in [0.15, 0.2) is 0 Å². The third kappa shape index (κ3) is 25.4. The predicted molar refractivity (Wildman–Crippen MR) is 226 cm³/mol. The summed E-state index contributed by atoms with van der Waals surface area (Å²) in [6.07, 6.45) is -1.06. The van der Waals surface area contributed by atoms with E-state index in [0.717, 1.165) is 0 Å². The molecule has 27 heteroatoms. The van der Waals surface area contributed by atoms with Gasteiger partial charge < -0.3 is 80.2 Å². The lowest BCUT2D eigenvalue weighted by atomic mass is 10.1. The summed E-state index contributed by atoms with van der Waals surface area (Å²) in [6, 6.07) is -10.9. The van der Waals surface area contributed by atoms with Gasteiger partial charge in [-0.3, -0.25) is 52.7 Å². The Morgan fingerprint density at radius 2 is 0.769 bits per heavy atom.